The highest BCUT2D eigenvalue weighted by Crippen LogP contribution is 2.64. The summed E-state index contributed by atoms with van der Waals surface area (Å²) in [6.45, 7) is 10.9. The zero-order chi connectivity index (χ0) is 21.9. The summed E-state index contributed by atoms with van der Waals surface area (Å²) in [5.74, 6) is 9.77. The monoisotopic (exact) mass is 414 g/mol. The van der Waals surface area contributed by atoms with Crippen LogP contribution in [0.15, 0.2) is 11.6 Å². The van der Waals surface area contributed by atoms with Crippen LogP contribution in [0.3, 0.4) is 0 Å². The first-order valence-corrected chi connectivity index (χ1v) is 12.3. The summed E-state index contributed by atoms with van der Waals surface area (Å²) in [5, 5.41) is 31.3. The SMILES string of the molecule is C[C@H](CCCC(C)(C)O)[C@H]1C#C[C@H]2[C@@H]3CC=C4C[C@@H](O)C[C@H](O)[C@]4(C)[C@H]3CC[C@]12C. The van der Waals surface area contributed by atoms with Gasteiger partial charge in [-0.05, 0) is 75.5 Å². The maximum absolute atomic E-state index is 11.0. The highest BCUT2D eigenvalue weighted by molar-refractivity contribution is 5.32. The zero-order valence-electron chi connectivity index (χ0n) is 19.6. The fourth-order valence-corrected chi connectivity index (χ4v) is 7.72. The third kappa shape index (κ3) is 3.58. The molecule has 3 N–H and O–H groups in total. The molecule has 168 valence electrons. The van der Waals surface area contributed by atoms with E-state index in [0.29, 0.717) is 36.0 Å². The minimum atomic E-state index is -0.582. The van der Waals surface area contributed by atoms with Crippen LogP contribution in [0.1, 0.15) is 86.0 Å². The third-order valence-electron chi connectivity index (χ3n) is 9.51. The van der Waals surface area contributed by atoms with Crippen molar-refractivity contribution in [3.05, 3.63) is 11.6 Å². The Bertz CT molecular complexity index is 752. The molecule has 0 spiro atoms. The van der Waals surface area contributed by atoms with Gasteiger partial charge >= 0.3 is 0 Å². The number of rotatable bonds is 5. The van der Waals surface area contributed by atoms with Gasteiger partial charge in [0.25, 0.3) is 0 Å². The minimum absolute atomic E-state index is 0.193. The lowest BCUT2D eigenvalue weighted by molar-refractivity contribution is -0.102. The van der Waals surface area contributed by atoms with E-state index in [0.717, 1.165) is 44.9 Å². The van der Waals surface area contributed by atoms with Crippen LogP contribution in [0, 0.1) is 52.3 Å². The Morgan fingerprint density at radius 1 is 1.23 bits per heavy atom. The van der Waals surface area contributed by atoms with Crippen molar-refractivity contribution in [2.75, 3.05) is 0 Å². The van der Waals surface area contributed by atoms with Crippen LogP contribution in [0.25, 0.3) is 0 Å². The van der Waals surface area contributed by atoms with E-state index in [2.05, 4.69) is 38.7 Å². The van der Waals surface area contributed by atoms with Crippen LogP contribution in [0.5, 0.6) is 0 Å². The van der Waals surface area contributed by atoms with Crippen LogP contribution in [-0.2, 0) is 0 Å². The summed E-state index contributed by atoms with van der Waals surface area (Å²) in [5.41, 5.74) is 0.723. The first-order valence-electron chi connectivity index (χ1n) is 12.3. The van der Waals surface area contributed by atoms with Gasteiger partial charge in [-0.1, -0.05) is 50.7 Å². The number of aliphatic hydroxyl groups excluding tert-OH is 2. The average molecular weight is 415 g/mol. The molecule has 4 rings (SSSR count). The summed E-state index contributed by atoms with van der Waals surface area (Å²) >= 11 is 0. The molecule has 0 unspecified atom stereocenters. The predicted octanol–water partition coefficient (Wildman–Crippen LogP) is 4.70. The molecule has 0 heterocycles. The summed E-state index contributed by atoms with van der Waals surface area (Å²) in [6, 6.07) is 0. The van der Waals surface area contributed by atoms with E-state index in [1.165, 1.54) is 5.57 Å². The van der Waals surface area contributed by atoms with Crippen molar-refractivity contribution >= 4 is 0 Å². The molecular weight excluding hydrogens is 372 g/mol. The van der Waals surface area contributed by atoms with Gasteiger partial charge in [0.2, 0.25) is 0 Å². The van der Waals surface area contributed by atoms with Crippen molar-refractivity contribution in [2.45, 2.75) is 104 Å². The molecule has 0 aliphatic heterocycles. The van der Waals surface area contributed by atoms with Gasteiger partial charge in [-0.2, -0.15) is 0 Å². The Morgan fingerprint density at radius 3 is 2.67 bits per heavy atom. The highest BCUT2D eigenvalue weighted by atomic mass is 16.3. The first-order chi connectivity index (χ1) is 14.0. The maximum atomic E-state index is 11.0. The van der Waals surface area contributed by atoms with Crippen LogP contribution in [0.4, 0.5) is 0 Å². The fraction of sp³-hybridized carbons (Fsp3) is 0.852. The van der Waals surface area contributed by atoms with Gasteiger partial charge in [-0.3, -0.25) is 0 Å². The van der Waals surface area contributed by atoms with Gasteiger partial charge in [0.15, 0.2) is 0 Å². The molecule has 0 aromatic carbocycles. The standard InChI is InChI=1S/C27H42O3/c1-17(7-6-13-25(2,3)30)21-10-11-22-20-9-8-18-15-19(28)16-24(29)27(18,5)23(20)12-14-26(21,22)4/h8,17,19-24,28-30H,6-7,9,12-16H2,1-5H3/t17-,19-,20+,21-,22+,23+,24+,26-,27+/m1/s1. The van der Waals surface area contributed by atoms with Crippen molar-refractivity contribution in [3.63, 3.8) is 0 Å². The van der Waals surface area contributed by atoms with E-state index in [1.54, 1.807) is 0 Å². The number of fused-ring (bicyclic) bond motifs is 5. The summed E-state index contributed by atoms with van der Waals surface area (Å²) in [7, 11) is 0. The topological polar surface area (TPSA) is 60.7 Å². The predicted molar refractivity (Wildman–Crippen MR) is 120 cm³/mol. The first kappa shape index (κ1) is 22.4. The lowest BCUT2D eigenvalue weighted by Crippen LogP contribution is -2.56. The van der Waals surface area contributed by atoms with Crippen molar-refractivity contribution in [1.29, 1.82) is 0 Å². The molecule has 2 fully saturated rings. The molecule has 4 aliphatic rings. The second-order valence-corrected chi connectivity index (χ2v) is 12.1. The van der Waals surface area contributed by atoms with Gasteiger partial charge in [0, 0.05) is 23.7 Å². The van der Waals surface area contributed by atoms with E-state index in [4.69, 9.17) is 0 Å². The van der Waals surface area contributed by atoms with E-state index in [9.17, 15) is 15.3 Å². The molecule has 0 amide bonds. The third-order valence-corrected chi connectivity index (χ3v) is 9.51. The largest absolute Gasteiger partial charge is 0.393 e. The number of allylic oxidation sites excluding steroid dienone is 1. The second-order valence-electron chi connectivity index (χ2n) is 12.1. The molecule has 0 bridgehead atoms. The molecule has 3 nitrogen and oxygen atoms in total. The lowest BCUT2D eigenvalue weighted by Gasteiger charge is -2.59. The number of hydrogen-bond donors (Lipinski definition) is 3. The van der Waals surface area contributed by atoms with E-state index < -0.39 is 17.8 Å². The molecule has 2 saturated carbocycles. The van der Waals surface area contributed by atoms with E-state index in [-0.39, 0.29) is 10.8 Å². The van der Waals surface area contributed by atoms with Crippen molar-refractivity contribution in [3.8, 4) is 11.8 Å². The van der Waals surface area contributed by atoms with E-state index in [1.807, 2.05) is 13.8 Å². The Morgan fingerprint density at radius 2 is 1.97 bits per heavy atom. The highest BCUT2D eigenvalue weighted by Gasteiger charge is 2.60. The van der Waals surface area contributed by atoms with Crippen molar-refractivity contribution in [1.82, 2.24) is 0 Å². The minimum Gasteiger partial charge on any atom is -0.393 e. The summed E-state index contributed by atoms with van der Waals surface area (Å²) < 4.78 is 0. The van der Waals surface area contributed by atoms with Crippen molar-refractivity contribution in [2.24, 2.45) is 40.4 Å². The Balaban J connectivity index is 1.51. The van der Waals surface area contributed by atoms with Crippen molar-refractivity contribution < 1.29 is 15.3 Å². The van der Waals surface area contributed by atoms with Gasteiger partial charge in [-0.25, -0.2) is 0 Å². The lowest BCUT2D eigenvalue weighted by atomic mass is 9.46. The normalized spacial score (nSPS) is 46.1. The molecule has 0 aromatic rings. The molecule has 30 heavy (non-hydrogen) atoms. The molecule has 0 radical (unpaired) electrons. The smallest absolute Gasteiger partial charge is 0.0658 e. The average Bonchev–Trinajstić information content (AvgIpc) is 2.99. The summed E-state index contributed by atoms with van der Waals surface area (Å²) in [6.07, 6.45) is 9.11. The van der Waals surface area contributed by atoms with Gasteiger partial charge in [0.1, 0.15) is 0 Å². The molecule has 0 saturated heterocycles. The molecule has 0 aromatic heterocycles. The number of hydrogen-bond acceptors (Lipinski definition) is 3. The van der Waals surface area contributed by atoms with Gasteiger partial charge in [-0.15, -0.1) is 0 Å². The Kier molecular flexibility index (Phi) is 5.70. The maximum Gasteiger partial charge on any atom is 0.0658 e. The van der Waals surface area contributed by atoms with E-state index >= 15 is 0 Å². The summed E-state index contributed by atoms with van der Waals surface area (Å²) in [4.78, 5) is 0. The second kappa shape index (κ2) is 7.65. The number of aliphatic hydroxyl groups is 3. The Hall–Kier alpha value is -0.820. The molecule has 9 atom stereocenters. The fourth-order valence-electron chi connectivity index (χ4n) is 7.72. The van der Waals surface area contributed by atoms with Gasteiger partial charge < -0.3 is 15.3 Å². The molecular formula is C27H42O3. The zero-order valence-corrected chi connectivity index (χ0v) is 19.6. The Labute approximate surface area is 183 Å². The van der Waals surface area contributed by atoms with Gasteiger partial charge in [0.05, 0.1) is 17.8 Å². The molecule has 4 aliphatic carbocycles. The van der Waals surface area contributed by atoms with Crippen LogP contribution in [-0.4, -0.2) is 33.1 Å². The van der Waals surface area contributed by atoms with Crippen LogP contribution < -0.4 is 0 Å². The molecule has 3 heteroatoms. The van der Waals surface area contributed by atoms with Crippen LogP contribution >= 0.6 is 0 Å². The van der Waals surface area contributed by atoms with Crippen LogP contribution in [0.2, 0.25) is 0 Å². The quantitative estimate of drug-likeness (QED) is 0.451.